The van der Waals surface area contributed by atoms with Gasteiger partial charge in [-0.25, -0.2) is 4.79 Å². The van der Waals surface area contributed by atoms with Gasteiger partial charge in [0.05, 0.1) is 7.11 Å². The van der Waals surface area contributed by atoms with E-state index in [1.54, 1.807) is 7.11 Å². The Morgan fingerprint density at radius 1 is 1.35 bits per heavy atom. The third-order valence-corrected chi connectivity index (χ3v) is 4.49. The van der Waals surface area contributed by atoms with Gasteiger partial charge in [0.15, 0.2) is 0 Å². The van der Waals surface area contributed by atoms with Gasteiger partial charge in [0.25, 0.3) is 0 Å². The average Bonchev–Trinajstić information content (AvgIpc) is 2.55. The number of nitrogens with one attached hydrogen (secondary N) is 2. The number of carbonyl (C=O) groups is 1. The van der Waals surface area contributed by atoms with Crippen LogP contribution in [-0.2, 0) is 6.42 Å². The van der Waals surface area contributed by atoms with Gasteiger partial charge in [-0.15, -0.1) is 0 Å². The lowest BCUT2D eigenvalue weighted by atomic mass is 9.87. The van der Waals surface area contributed by atoms with Crippen molar-refractivity contribution in [3.8, 4) is 5.75 Å². The van der Waals surface area contributed by atoms with Crippen LogP contribution in [0, 0.1) is 5.92 Å². The molecule has 0 spiro atoms. The summed E-state index contributed by atoms with van der Waals surface area (Å²) in [7, 11) is 1.65. The smallest absolute Gasteiger partial charge is 0.315 e. The fourth-order valence-electron chi connectivity index (χ4n) is 3.14. The number of carbonyl (C=O) groups excluding carboxylic acids is 1. The number of aliphatic hydroxyl groups excluding tert-OH is 1. The van der Waals surface area contributed by atoms with Gasteiger partial charge in [-0.2, -0.15) is 0 Å². The Balaban J connectivity index is 1.74. The summed E-state index contributed by atoms with van der Waals surface area (Å²) >= 11 is 0. The van der Waals surface area contributed by atoms with Crippen molar-refractivity contribution in [2.45, 2.75) is 51.1 Å². The zero-order valence-electron chi connectivity index (χ0n) is 14.0. The van der Waals surface area contributed by atoms with E-state index in [4.69, 9.17) is 9.84 Å². The van der Waals surface area contributed by atoms with Crippen molar-refractivity contribution in [1.82, 2.24) is 10.6 Å². The minimum atomic E-state index is -0.104. The zero-order valence-corrected chi connectivity index (χ0v) is 14.0. The van der Waals surface area contributed by atoms with Crippen molar-refractivity contribution < 1.29 is 14.6 Å². The Hall–Kier alpha value is -1.75. The molecule has 0 saturated heterocycles. The normalized spacial score (nSPS) is 22.2. The van der Waals surface area contributed by atoms with Crippen LogP contribution < -0.4 is 15.4 Å². The highest BCUT2D eigenvalue weighted by Gasteiger charge is 2.22. The van der Waals surface area contributed by atoms with Crippen molar-refractivity contribution in [3.63, 3.8) is 0 Å². The van der Waals surface area contributed by atoms with Crippen LogP contribution >= 0.6 is 0 Å². The number of hydrogen-bond acceptors (Lipinski definition) is 3. The zero-order chi connectivity index (χ0) is 16.7. The summed E-state index contributed by atoms with van der Waals surface area (Å²) in [5, 5.41) is 15.2. The molecule has 0 aliphatic heterocycles. The first-order valence-electron chi connectivity index (χ1n) is 8.41. The minimum absolute atomic E-state index is 0.0517. The molecule has 0 heterocycles. The molecule has 1 aliphatic rings. The lowest BCUT2D eigenvalue weighted by molar-refractivity contribution is 0.174. The van der Waals surface area contributed by atoms with Gasteiger partial charge >= 0.3 is 6.03 Å². The molecular formula is C18H28N2O3. The molecule has 1 unspecified atom stereocenters. The van der Waals surface area contributed by atoms with E-state index >= 15 is 0 Å². The quantitative estimate of drug-likeness (QED) is 0.754. The molecule has 0 bridgehead atoms. The van der Waals surface area contributed by atoms with E-state index in [1.807, 2.05) is 31.2 Å². The van der Waals surface area contributed by atoms with Gasteiger partial charge in [0.2, 0.25) is 0 Å². The summed E-state index contributed by atoms with van der Waals surface area (Å²) in [5.74, 6) is 1.24. The third kappa shape index (κ3) is 5.75. The molecule has 23 heavy (non-hydrogen) atoms. The summed E-state index contributed by atoms with van der Waals surface area (Å²) in [4.78, 5) is 12.1. The fraction of sp³-hybridized carbons (Fsp3) is 0.611. The number of rotatable bonds is 6. The monoisotopic (exact) mass is 320 g/mol. The number of benzene rings is 1. The highest BCUT2D eigenvalue weighted by molar-refractivity contribution is 5.74. The summed E-state index contributed by atoms with van der Waals surface area (Å²) in [6.45, 7) is 2.26. The number of methoxy groups -OCH3 is 1. The topological polar surface area (TPSA) is 70.6 Å². The van der Waals surface area contributed by atoms with Crippen LogP contribution in [0.5, 0.6) is 5.75 Å². The van der Waals surface area contributed by atoms with Crippen LogP contribution in [0.2, 0.25) is 0 Å². The molecular weight excluding hydrogens is 292 g/mol. The summed E-state index contributed by atoms with van der Waals surface area (Å²) in [5.41, 5.74) is 1.14. The van der Waals surface area contributed by atoms with E-state index in [-0.39, 0.29) is 24.7 Å². The first-order chi connectivity index (χ1) is 11.1. The number of urea groups is 1. The standard InChI is InChI=1S/C18H28N2O3/c1-13(10-15-4-3-5-17(11-15)23-2)19-18(22)20-16-8-6-14(12-21)7-9-16/h3-5,11,13-14,16,21H,6-10,12H2,1-2H3,(H2,19,20,22). The lowest BCUT2D eigenvalue weighted by Gasteiger charge is -2.28. The molecule has 1 aliphatic carbocycles. The van der Waals surface area contributed by atoms with Crippen LogP contribution in [-0.4, -0.2) is 36.9 Å². The Labute approximate surface area is 138 Å². The molecule has 5 heteroatoms. The lowest BCUT2D eigenvalue weighted by Crippen LogP contribution is -2.47. The van der Waals surface area contributed by atoms with Gasteiger partial charge in [-0.1, -0.05) is 12.1 Å². The van der Waals surface area contributed by atoms with Crippen LogP contribution in [0.3, 0.4) is 0 Å². The van der Waals surface area contributed by atoms with Gasteiger partial charge < -0.3 is 20.5 Å². The predicted octanol–water partition coefficient (Wildman–Crippen LogP) is 2.48. The second kappa shape index (κ2) is 8.77. The summed E-state index contributed by atoms with van der Waals surface area (Å²) < 4.78 is 5.22. The predicted molar refractivity (Wildman–Crippen MR) is 90.7 cm³/mol. The maximum Gasteiger partial charge on any atom is 0.315 e. The van der Waals surface area contributed by atoms with Crippen LogP contribution in [0.15, 0.2) is 24.3 Å². The third-order valence-electron chi connectivity index (χ3n) is 4.49. The molecule has 1 saturated carbocycles. The van der Waals surface area contributed by atoms with Gasteiger partial charge in [0.1, 0.15) is 5.75 Å². The molecule has 0 radical (unpaired) electrons. The van der Waals surface area contributed by atoms with Crippen LogP contribution in [0.1, 0.15) is 38.2 Å². The van der Waals surface area contributed by atoms with Crippen molar-refractivity contribution in [2.24, 2.45) is 5.92 Å². The Kier molecular flexibility index (Phi) is 6.71. The largest absolute Gasteiger partial charge is 0.497 e. The second-order valence-electron chi connectivity index (χ2n) is 6.47. The molecule has 0 aromatic heterocycles. The van der Waals surface area contributed by atoms with Crippen LogP contribution in [0.4, 0.5) is 4.79 Å². The highest BCUT2D eigenvalue weighted by Crippen LogP contribution is 2.23. The Morgan fingerprint density at radius 2 is 2.09 bits per heavy atom. The van der Waals surface area contributed by atoms with Crippen molar-refractivity contribution in [1.29, 1.82) is 0 Å². The van der Waals surface area contributed by atoms with E-state index < -0.39 is 0 Å². The molecule has 1 aromatic rings. The Bertz CT molecular complexity index is 499. The summed E-state index contributed by atoms with van der Waals surface area (Å²) in [6, 6.07) is 8.07. The number of ether oxygens (including phenoxy) is 1. The molecule has 2 rings (SSSR count). The number of aliphatic hydroxyl groups is 1. The maximum atomic E-state index is 12.1. The maximum absolute atomic E-state index is 12.1. The van der Waals surface area contributed by atoms with Crippen molar-refractivity contribution >= 4 is 6.03 Å². The van der Waals surface area contributed by atoms with E-state index in [2.05, 4.69) is 10.6 Å². The molecule has 1 atom stereocenters. The first-order valence-corrected chi connectivity index (χ1v) is 8.41. The summed E-state index contributed by atoms with van der Waals surface area (Å²) in [6.07, 6.45) is 4.63. The van der Waals surface area contributed by atoms with E-state index in [9.17, 15) is 4.79 Å². The van der Waals surface area contributed by atoms with Crippen LogP contribution in [0.25, 0.3) is 0 Å². The molecule has 1 aromatic carbocycles. The van der Waals surface area contributed by atoms with Crippen molar-refractivity contribution in [2.75, 3.05) is 13.7 Å². The van der Waals surface area contributed by atoms with Gasteiger partial charge in [0, 0.05) is 18.7 Å². The molecule has 128 valence electrons. The number of hydrogen-bond donors (Lipinski definition) is 3. The molecule has 3 N–H and O–H groups in total. The second-order valence-corrected chi connectivity index (χ2v) is 6.47. The van der Waals surface area contributed by atoms with Gasteiger partial charge in [-0.05, 0) is 62.6 Å². The van der Waals surface area contributed by atoms with Crippen molar-refractivity contribution in [3.05, 3.63) is 29.8 Å². The average molecular weight is 320 g/mol. The van der Waals surface area contributed by atoms with Gasteiger partial charge in [-0.3, -0.25) is 0 Å². The molecule has 5 nitrogen and oxygen atoms in total. The van der Waals surface area contributed by atoms with E-state index in [0.29, 0.717) is 5.92 Å². The highest BCUT2D eigenvalue weighted by atomic mass is 16.5. The number of amides is 2. The first kappa shape index (κ1) is 17.6. The SMILES string of the molecule is COc1cccc(CC(C)NC(=O)NC2CCC(CO)CC2)c1. The van der Waals surface area contributed by atoms with E-state index in [1.165, 1.54) is 0 Å². The minimum Gasteiger partial charge on any atom is -0.497 e. The fourth-order valence-corrected chi connectivity index (χ4v) is 3.14. The van der Waals surface area contributed by atoms with E-state index in [0.717, 1.165) is 43.4 Å². The molecule has 1 fully saturated rings. The Morgan fingerprint density at radius 3 is 2.74 bits per heavy atom. The molecule has 2 amide bonds.